The molecule has 0 atom stereocenters. The zero-order chi connectivity index (χ0) is 12.7. The average Bonchev–Trinajstić information content (AvgIpc) is 2.34. The molecule has 0 radical (unpaired) electrons. The van der Waals surface area contributed by atoms with Gasteiger partial charge >= 0.3 is 0 Å². The first-order chi connectivity index (χ1) is 8.15. The molecular formula is C14H22N2O. The van der Waals surface area contributed by atoms with E-state index in [0.29, 0.717) is 0 Å². The number of nitrogens with one attached hydrogen (secondary N) is 1. The minimum atomic E-state index is 0.0440. The molecule has 0 aliphatic heterocycles. The highest BCUT2D eigenvalue weighted by atomic mass is 16.2. The Bertz CT molecular complexity index is 344. The average molecular weight is 234 g/mol. The number of unbranched alkanes of at least 4 members (excludes halogenated alkanes) is 2. The molecule has 0 aliphatic carbocycles. The molecule has 94 valence electrons. The van der Waals surface area contributed by atoms with E-state index in [2.05, 4.69) is 12.2 Å². The third-order valence-electron chi connectivity index (χ3n) is 2.65. The van der Waals surface area contributed by atoms with Crippen molar-refractivity contribution in [1.29, 1.82) is 0 Å². The zero-order valence-electron chi connectivity index (χ0n) is 11.0. The Morgan fingerprint density at radius 3 is 2.35 bits per heavy atom. The van der Waals surface area contributed by atoms with Crippen molar-refractivity contribution in [3.8, 4) is 0 Å². The van der Waals surface area contributed by atoms with Crippen molar-refractivity contribution in [2.45, 2.75) is 26.2 Å². The maximum Gasteiger partial charge on any atom is 0.253 e. The van der Waals surface area contributed by atoms with Crippen molar-refractivity contribution in [1.82, 2.24) is 4.90 Å². The van der Waals surface area contributed by atoms with Crippen LogP contribution in [-0.4, -0.2) is 31.4 Å². The number of amides is 1. The lowest BCUT2D eigenvalue weighted by molar-refractivity contribution is 0.0827. The molecule has 0 aliphatic rings. The summed E-state index contributed by atoms with van der Waals surface area (Å²) >= 11 is 0. The van der Waals surface area contributed by atoms with E-state index in [9.17, 15) is 4.79 Å². The normalized spacial score (nSPS) is 10.1. The smallest absolute Gasteiger partial charge is 0.253 e. The lowest BCUT2D eigenvalue weighted by atomic mass is 10.2. The quantitative estimate of drug-likeness (QED) is 0.767. The number of anilines is 1. The first-order valence-corrected chi connectivity index (χ1v) is 6.20. The molecule has 1 aromatic rings. The van der Waals surface area contributed by atoms with Gasteiger partial charge < -0.3 is 10.2 Å². The molecule has 0 saturated heterocycles. The number of hydrogen-bond donors (Lipinski definition) is 1. The van der Waals surface area contributed by atoms with E-state index in [1.54, 1.807) is 19.0 Å². The predicted molar refractivity (Wildman–Crippen MR) is 72.5 cm³/mol. The Kier molecular flexibility index (Phi) is 5.53. The highest BCUT2D eigenvalue weighted by Gasteiger charge is 2.06. The van der Waals surface area contributed by atoms with E-state index in [1.165, 1.54) is 19.3 Å². The molecule has 0 spiro atoms. The molecule has 17 heavy (non-hydrogen) atoms. The fourth-order valence-corrected chi connectivity index (χ4v) is 1.60. The maximum atomic E-state index is 11.7. The lowest BCUT2D eigenvalue weighted by Gasteiger charge is -2.11. The Morgan fingerprint density at radius 2 is 1.82 bits per heavy atom. The molecule has 1 rings (SSSR count). The van der Waals surface area contributed by atoms with Gasteiger partial charge in [0.2, 0.25) is 0 Å². The molecular weight excluding hydrogens is 212 g/mol. The summed E-state index contributed by atoms with van der Waals surface area (Å²) < 4.78 is 0. The van der Waals surface area contributed by atoms with Crippen LogP contribution in [0.1, 0.15) is 36.5 Å². The van der Waals surface area contributed by atoms with E-state index in [1.807, 2.05) is 24.3 Å². The summed E-state index contributed by atoms with van der Waals surface area (Å²) in [4.78, 5) is 13.2. The van der Waals surface area contributed by atoms with Crippen molar-refractivity contribution >= 4 is 11.6 Å². The minimum absolute atomic E-state index is 0.0440. The van der Waals surface area contributed by atoms with Crippen LogP contribution < -0.4 is 5.32 Å². The summed E-state index contributed by atoms with van der Waals surface area (Å²) in [6.07, 6.45) is 3.68. The maximum absolute atomic E-state index is 11.7. The van der Waals surface area contributed by atoms with Crippen LogP contribution in [0.2, 0.25) is 0 Å². The van der Waals surface area contributed by atoms with Gasteiger partial charge in [0.05, 0.1) is 0 Å². The molecule has 0 unspecified atom stereocenters. The van der Waals surface area contributed by atoms with Crippen molar-refractivity contribution in [2.24, 2.45) is 0 Å². The van der Waals surface area contributed by atoms with Gasteiger partial charge in [0, 0.05) is 31.9 Å². The Hall–Kier alpha value is -1.51. The number of rotatable bonds is 6. The summed E-state index contributed by atoms with van der Waals surface area (Å²) in [6, 6.07) is 7.65. The molecule has 3 heteroatoms. The van der Waals surface area contributed by atoms with E-state index in [4.69, 9.17) is 0 Å². The van der Waals surface area contributed by atoms with Crippen LogP contribution in [0.3, 0.4) is 0 Å². The fraction of sp³-hybridized carbons (Fsp3) is 0.500. The highest BCUT2D eigenvalue weighted by molar-refractivity contribution is 5.94. The third-order valence-corrected chi connectivity index (χ3v) is 2.65. The summed E-state index contributed by atoms with van der Waals surface area (Å²) in [7, 11) is 3.53. The van der Waals surface area contributed by atoms with Gasteiger partial charge in [0.25, 0.3) is 5.91 Å². The minimum Gasteiger partial charge on any atom is -0.385 e. The number of carbonyl (C=O) groups excluding carboxylic acids is 1. The lowest BCUT2D eigenvalue weighted by Crippen LogP contribution is -2.21. The summed E-state index contributed by atoms with van der Waals surface area (Å²) in [5.41, 5.74) is 1.81. The van der Waals surface area contributed by atoms with Crippen LogP contribution >= 0.6 is 0 Å². The van der Waals surface area contributed by atoms with Gasteiger partial charge in [0.15, 0.2) is 0 Å². The van der Waals surface area contributed by atoms with Crippen molar-refractivity contribution < 1.29 is 4.79 Å². The van der Waals surface area contributed by atoms with E-state index in [0.717, 1.165) is 17.8 Å². The molecule has 0 bridgehead atoms. The summed E-state index contributed by atoms with van der Waals surface area (Å²) in [6.45, 7) is 3.19. The van der Waals surface area contributed by atoms with Crippen molar-refractivity contribution in [3.63, 3.8) is 0 Å². The van der Waals surface area contributed by atoms with Crippen molar-refractivity contribution in [2.75, 3.05) is 26.0 Å². The molecule has 1 amide bonds. The fourth-order valence-electron chi connectivity index (χ4n) is 1.60. The molecule has 1 N–H and O–H groups in total. The molecule has 0 fully saturated rings. The van der Waals surface area contributed by atoms with Crippen LogP contribution in [0.4, 0.5) is 5.69 Å². The van der Waals surface area contributed by atoms with Gasteiger partial charge in [-0.3, -0.25) is 4.79 Å². The number of carbonyl (C=O) groups is 1. The third kappa shape index (κ3) is 4.47. The number of nitrogens with zero attached hydrogens (tertiary/aromatic N) is 1. The second-order valence-corrected chi connectivity index (χ2v) is 4.41. The largest absolute Gasteiger partial charge is 0.385 e. The van der Waals surface area contributed by atoms with Crippen LogP contribution in [0, 0.1) is 0 Å². The summed E-state index contributed by atoms with van der Waals surface area (Å²) in [5, 5.41) is 3.35. The second-order valence-electron chi connectivity index (χ2n) is 4.41. The van der Waals surface area contributed by atoms with Crippen molar-refractivity contribution in [3.05, 3.63) is 29.8 Å². The number of hydrogen-bond acceptors (Lipinski definition) is 2. The topological polar surface area (TPSA) is 32.3 Å². The summed E-state index contributed by atoms with van der Waals surface area (Å²) in [5.74, 6) is 0.0440. The predicted octanol–water partition coefficient (Wildman–Crippen LogP) is 2.99. The van der Waals surface area contributed by atoms with Gasteiger partial charge in [-0.2, -0.15) is 0 Å². The van der Waals surface area contributed by atoms with Gasteiger partial charge in [-0.25, -0.2) is 0 Å². The zero-order valence-corrected chi connectivity index (χ0v) is 11.0. The van der Waals surface area contributed by atoms with Crippen LogP contribution in [0.15, 0.2) is 24.3 Å². The molecule has 0 aromatic heterocycles. The number of benzene rings is 1. The first kappa shape index (κ1) is 13.6. The van der Waals surface area contributed by atoms with Gasteiger partial charge in [-0.05, 0) is 30.7 Å². The first-order valence-electron chi connectivity index (χ1n) is 6.20. The Labute approximate surface area is 104 Å². The van der Waals surface area contributed by atoms with Gasteiger partial charge in [0.1, 0.15) is 0 Å². The Morgan fingerprint density at radius 1 is 1.18 bits per heavy atom. The van der Waals surface area contributed by atoms with E-state index in [-0.39, 0.29) is 5.91 Å². The molecule has 0 saturated carbocycles. The van der Waals surface area contributed by atoms with Gasteiger partial charge in [-0.15, -0.1) is 0 Å². The van der Waals surface area contributed by atoms with E-state index >= 15 is 0 Å². The van der Waals surface area contributed by atoms with Crippen LogP contribution in [0.5, 0.6) is 0 Å². The Balaban J connectivity index is 2.47. The monoisotopic (exact) mass is 234 g/mol. The van der Waals surface area contributed by atoms with E-state index < -0.39 is 0 Å². The SMILES string of the molecule is CCCCCNc1ccc(C(=O)N(C)C)cc1. The van der Waals surface area contributed by atoms with Crippen LogP contribution in [0.25, 0.3) is 0 Å². The molecule has 0 heterocycles. The molecule has 1 aromatic carbocycles. The highest BCUT2D eigenvalue weighted by Crippen LogP contribution is 2.11. The second kappa shape index (κ2) is 6.94. The molecule has 3 nitrogen and oxygen atoms in total. The van der Waals surface area contributed by atoms with Crippen LogP contribution in [-0.2, 0) is 0 Å². The standard InChI is InChI=1S/C14H22N2O/c1-4-5-6-11-15-13-9-7-12(8-10-13)14(17)16(2)3/h7-10,15H,4-6,11H2,1-3H3. The van der Waals surface area contributed by atoms with Gasteiger partial charge in [-0.1, -0.05) is 19.8 Å².